The largest absolute Gasteiger partial charge is 0.381 e. The summed E-state index contributed by atoms with van der Waals surface area (Å²) in [5, 5.41) is 0. The molecule has 2 heterocycles. The van der Waals surface area contributed by atoms with Crippen molar-refractivity contribution >= 4 is 22.6 Å². The summed E-state index contributed by atoms with van der Waals surface area (Å²) in [6, 6.07) is 6.02. The van der Waals surface area contributed by atoms with Gasteiger partial charge in [0.05, 0.1) is 11.0 Å². The molecule has 1 aromatic carbocycles. The van der Waals surface area contributed by atoms with Crippen molar-refractivity contribution < 1.29 is 14.3 Å². The minimum Gasteiger partial charge on any atom is -0.381 e. The van der Waals surface area contributed by atoms with Gasteiger partial charge in [0.15, 0.2) is 0 Å². The third-order valence-corrected chi connectivity index (χ3v) is 5.42. The van der Waals surface area contributed by atoms with Crippen LogP contribution >= 0.6 is 0 Å². The monoisotopic (exact) mass is 359 g/mol. The number of anilines is 1. The molecule has 0 spiro atoms. The predicted octanol–water partition coefficient (Wildman–Crippen LogP) is 3.33. The van der Waals surface area contributed by atoms with Crippen LogP contribution < -0.4 is 4.90 Å². The zero-order valence-corrected chi connectivity index (χ0v) is 16.4. The van der Waals surface area contributed by atoms with Crippen molar-refractivity contribution in [3.8, 4) is 0 Å². The quantitative estimate of drug-likeness (QED) is 0.822. The van der Waals surface area contributed by atoms with Gasteiger partial charge in [-0.15, -0.1) is 0 Å². The molecular weight excluding hydrogens is 330 g/mol. The van der Waals surface area contributed by atoms with E-state index in [1.165, 1.54) is 0 Å². The number of rotatable bonds is 5. The summed E-state index contributed by atoms with van der Waals surface area (Å²) in [5.74, 6) is 1.50. The molecule has 6 heteroatoms. The molecule has 142 valence electrons. The smallest absolute Gasteiger partial charge is 0.223 e. The van der Waals surface area contributed by atoms with Crippen LogP contribution in [0.2, 0.25) is 0 Å². The van der Waals surface area contributed by atoms with Gasteiger partial charge in [-0.1, -0.05) is 0 Å². The Hall–Kier alpha value is -1.92. The first-order valence-corrected chi connectivity index (χ1v) is 9.21. The van der Waals surface area contributed by atoms with Gasteiger partial charge >= 0.3 is 0 Å². The normalized spacial score (nSPS) is 16.2. The van der Waals surface area contributed by atoms with Gasteiger partial charge < -0.3 is 18.9 Å². The Morgan fingerprint density at radius 1 is 1.38 bits per heavy atom. The first kappa shape index (κ1) is 18.9. The molecule has 0 N–H and O–H groups in total. The lowest BCUT2D eigenvalue weighted by atomic mass is 9.99. The molecule has 0 radical (unpaired) electrons. The maximum Gasteiger partial charge on any atom is 0.223 e. The first-order valence-electron chi connectivity index (χ1n) is 9.21. The number of ether oxygens (including phenoxy) is 2. The summed E-state index contributed by atoms with van der Waals surface area (Å²) in [4.78, 5) is 18.2. The van der Waals surface area contributed by atoms with Crippen LogP contribution in [0.25, 0.3) is 11.0 Å². The number of carbonyl (C=O) groups is 1. The van der Waals surface area contributed by atoms with Crippen LogP contribution in [0.1, 0.15) is 39.4 Å². The zero-order chi connectivity index (χ0) is 18.9. The minimum atomic E-state index is -0.489. The number of carbonyl (C=O) groups excluding carboxylic acids is 1. The van der Waals surface area contributed by atoms with E-state index in [9.17, 15) is 4.79 Å². The third kappa shape index (κ3) is 3.62. The molecule has 0 bridgehead atoms. The van der Waals surface area contributed by atoms with Crippen molar-refractivity contribution in [2.75, 3.05) is 32.3 Å². The van der Waals surface area contributed by atoms with E-state index in [0.29, 0.717) is 5.92 Å². The van der Waals surface area contributed by atoms with Gasteiger partial charge in [0.1, 0.15) is 11.4 Å². The van der Waals surface area contributed by atoms with Crippen LogP contribution in [-0.4, -0.2) is 42.8 Å². The molecule has 0 unspecified atom stereocenters. The summed E-state index contributed by atoms with van der Waals surface area (Å²) < 4.78 is 13.5. The molecule has 1 fully saturated rings. The minimum absolute atomic E-state index is 0.00318. The molecule has 1 aliphatic rings. The van der Waals surface area contributed by atoms with Crippen LogP contribution in [0.3, 0.4) is 0 Å². The summed E-state index contributed by atoms with van der Waals surface area (Å²) in [6.07, 6.45) is 2.13. The third-order valence-electron chi connectivity index (χ3n) is 5.42. The second-order valence-electron chi connectivity index (χ2n) is 7.57. The Morgan fingerprint density at radius 2 is 2.08 bits per heavy atom. The van der Waals surface area contributed by atoms with E-state index in [4.69, 9.17) is 14.5 Å². The molecule has 6 nitrogen and oxygen atoms in total. The summed E-state index contributed by atoms with van der Waals surface area (Å²) in [5.41, 5.74) is 2.33. The fourth-order valence-corrected chi connectivity index (χ4v) is 3.43. The van der Waals surface area contributed by atoms with Gasteiger partial charge in [0, 0.05) is 46.5 Å². The highest BCUT2D eigenvalue weighted by molar-refractivity contribution is 5.93. The Bertz CT molecular complexity index is 791. The van der Waals surface area contributed by atoms with E-state index in [0.717, 1.165) is 55.1 Å². The average molecular weight is 359 g/mol. The summed E-state index contributed by atoms with van der Waals surface area (Å²) in [6.45, 7) is 8.20. The van der Waals surface area contributed by atoms with E-state index in [1.54, 1.807) is 26.0 Å². The molecule has 0 aliphatic carbocycles. The fraction of sp³-hybridized carbons (Fsp3) is 0.600. The highest BCUT2D eigenvalue weighted by atomic mass is 16.5. The van der Waals surface area contributed by atoms with Crippen LogP contribution in [-0.2, 0) is 26.4 Å². The molecule has 2 aromatic rings. The van der Waals surface area contributed by atoms with Crippen LogP contribution in [0.5, 0.6) is 0 Å². The maximum atomic E-state index is 11.7. The topological polar surface area (TPSA) is 56.6 Å². The Labute approximate surface area is 155 Å². The molecule has 1 aliphatic heterocycles. The number of nitrogens with zero attached hydrogens (tertiary/aromatic N) is 3. The number of methoxy groups -OCH3 is 1. The van der Waals surface area contributed by atoms with E-state index in [2.05, 4.69) is 10.6 Å². The van der Waals surface area contributed by atoms with E-state index in [-0.39, 0.29) is 5.91 Å². The number of benzene rings is 1. The molecule has 1 aromatic heterocycles. The standard InChI is InChI=1S/C20H29N3O3/c1-14(24)22(4)16-6-7-18-17(12-16)21-19(20(2,3)25-5)23(18)13-15-8-10-26-11-9-15/h6-7,12,15H,8-11,13H2,1-5H3. The second kappa shape index (κ2) is 7.37. The van der Waals surface area contributed by atoms with Gasteiger partial charge in [-0.05, 0) is 50.8 Å². The fourth-order valence-electron chi connectivity index (χ4n) is 3.43. The molecule has 1 amide bonds. The summed E-state index contributed by atoms with van der Waals surface area (Å²) >= 11 is 0. The maximum absolute atomic E-state index is 11.7. The van der Waals surface area contributed by atoms with Gasteiger partial charge in [0.25, 0.3) is 0 Å². The van der Waals surface area contributed by atoms with Gasteiger partial charge in [-0.3, -0.25) is 4.79 Å². The predicted molar refractivity (Wildman–Crippen MR) is 102 cm³/mol. The number of hydrogen-bond donors (Lipinski definition) is 0. The van der Waals surface area contributed by atoms with E-state index >= 15 is 0 Å². The van der Waals surface area contributed by atoms with Crippen molar-refractivity contribution in [1.82, 2.24) is 9.55 Å². The van der Waals surface area contributed by atoms with Gasteiger partial charge in [-0.2, -0.15) is 0 Å². The molecular formula is C20H29N3O3. The number of aromatic nitrogens is 2. The molecule has 3 rings (SSSR count). The van der Waals surface area contributed by atoms with Crippen molar-refractivity contribution in [3.63, 3.8) is 0 Å². The zero-order valence-electron chi connectivity index (χ0n) is 16.4. The molecule has 26 heavy (non-hydrogen) atoms. The van der Waals surface area contributed by atoms with Crippen molar-refractivity contribution in [1.29, 1.82) is 0 Å². The Balaban J connectivity index is 2.06. The molecule has 0 atom stereocenters. The van der Waals surface area contributed by atoms with E-state index < -0.39 is 5.60 Å². The van der Waals surface area contributed by atoms with Gasteiger partial charge in [0.2, 0.25) is 5.91 Å². The second-order valence-corrected chi connectivity index (χ2v) is 7.57. The van der Waals surface area contributed by atoms with Crippen molar-refractivity contribution in [3.05, 3.63) is 24.0 Å². The van der Waals surface area contributed by atoms with Crippen LogP contribution in [0.15, 0.2) is 18.2 Å². The first-order chi connectivity index (χ1) is 12.3. The summed E-state index contributed by atoms with van der Waals surface area (Å²) in [7, 11) is 3.50. The number of hydrogen-bond acceptors (Lipinski definition) is 4. The van der Waals surface area contributed by atoms with Crippen molar-refractivity contribution in [2.24, 2.45) is 5.92 Å². The van der Waals surface area contributed by atoms with Crippen LogP contribution in [0.4, 0.5) is 5.69 Å². The number of amides is 1. The van der Waals surface area contributed by atoms with E-state index in [1.807, 2.05) is 26.0 Å². The average Bonchev–Trinajstić information content (AvgIpc) is 3.00. The van der Waals surface area contributed by atoms with Crippen molar-refractivity contribution in [2.45, 2.75) is 45.8 Å². The number of fused-ring (bicyclic) bond motifs is 1. The lowest BCUT2D eigenvalue weighted by Gasteiger charge is -2.27. The van der Waals surface area contributed by atoms with Gasteiger partial charge in [-0.25, -0.2) is 4.98 Å². The highest BCUT2D eigenvalue weighted by Crippen LogP contribution is 2.31. The lowest BCUT2D eigenvalue weighted by molar-refractivity contribution is -0.116. The molecule has 0 saturated carbocycles. The Kier molecular flexibility index (Phi) is 5.34. The van der Waals surface area contributed by atoms with Crippen LogP contribution in [0, 0.1) is 5.92 Å². The Morgan fingerprint density at radius 3 is 2.69 bits per heavy atom. The number of imidazole rings is 1. The highest BCUT2D eigenvalue weighted by Gasteiger charge is 2.29. The SMILES string of the molecule is COC(C)(C)c1nc2cc(N(C)C(C)=O)ccc2n1CC1CCOCC1. The lowest BCUT2D eigenvalue weighted by Crippen LogP contribution is -2.28. The molecule has 1 saturated heterocycles.